The first kappa shape index (κ1) is 18.4. The number of allylic oxidation sites excluding steroid dienone is 1. The van der Waals surface area contributed by atoms with Crippen LogP contribution in [0.3, 0.4) is 0 Å². The minimum absolute atomic E-state index is 0.0169. The molecule has 0 radical (unpaired) electrons. The van der Waals surface area contributed by atoms with Crippen LogP contribution in [-0.2, 0) is 4.79 Å². The summed E-state index contributed by atoms with van der Waals surface area (Å²) in [5.41, 5.74) is 2.51. The topological polar surface area (TPSA) is 47.3 Å². The van der Waals surface area contributed by atoms with Gasteiger partial charge in [-0.1, -0.05) is 57.5 Å². The molecule has 0 unspecified atom stereocenters. The molecule has 0 bridgehead atoms. The van der Waals surface area contributed by atoms with Gasteiger partial charge in [-0.25, -0.2) is 0 Å². The number of carbonyl (C=O) groups excluding carboxylic acids is 1. The lowest BCUT2D eigenvalue weighted by Gasteiger charge is -2.42. The number of thioether (sulfide) groups is 1. The molecular formula is C20H15BrClN3OS. The molecule has 1 fully saturated rings. The number of anilines is 1. The van der Waals surface area contributed by atoms with E-state index in [4.69, 9.17) is 11.6 Å². The van der Waals surface area contributed by atoms with Crippen molar-refractivity contribution in [3.8, 4) is 6.07 Å². The predicted octanol–water partition coefficient (Wildman–Crippen LogP) is 5.32. The first-order valence-electron chi connectivity index (χ1n) is 8.41. The Balaban J connectivity index is 1.68. The molecule has 136 valence electrons. The lowest BCUT2D eigenvalue weighted by molar-refractivity contribution is -0.129. The van der Waals surface area contributed by atoms with Gasteiger partial charge in [-0.15, -0.1) is 0 Å². The SMILES string of the molecule is N#CC1=C2SCN(c3ccc(Br)cc3)CN2C(=O)C[C@H]1c1ccccc1Cl. The molecule has 4 rings (SSSR count). The number of carbonyl (C=O) groups is 1. The summed E-state index contributed by atoms with van der Waals surface area (Å²) >= 11 is 11.3. The number of amides is 1. The highest BCUT2D eigenvalue weighted by Gasteiger charge is 2.38. The molecule has 0 aliphatic carbocycles. The minimum Gasteiger partial charge on any atom is -0.344 e. The normalized spacial score (nSPS) is 19.7. The molecule has 2 aromatic rings. The standard InChI is InChI=1S/C20H15BrClN3OS/c21-13-5-7-14(8-6-13)24-11-25-19(26)9-16(15-3-1-2-4-18(15)22)17(10-23)20(25)27-12-24/h1-8,16H,9,11-12H2/t16-/m0/s1. The average Bonchev–Trinajstić information content (AvgIpc) is 2.69. The van der Waals surface area contributed by atoms with E-state index in [1.165, 1.54) is 11.8 Å². The van der Waals surface area contributed by atoms with Crippen LogP contribution in [0.4, 0.5) is 5.69 Å². The van der Waals surface area contributed by atoms with Crippen molar-refractivity contribution in [1.82, 2.24) is 4.90 Å². The van der Waals surface area contributed by atoms with E-state index in [1.807, 2.05) is 42.5 Å². The molecule has 2 aliphatic rings. The molecule has 1 saturated heterocycles. The Bertz CT molecular complexity index is 970. The number of fused-ring (bicyclic) bond motifs is 1. The van der Waals surface area contributed by atoms with E-state index >= 15 is 0 Å². The summed E-state index contributed by atoms with van der Waals surface area (Å²) in [5, 5.41) is 11.2. The second kappa shape index (κ2) is 7.59. The van der Waals surface area contributed by atoms with E-state index < -0.39 is 0 Å². The number of hydrogen-bond donors (Lipinski definition) is 0. The monoisotopic (exact) mass is 459 g/mol. The fourth-order valence-electron chi connectivity index (χ4n) is 3.40. The van der Waals surface area contributed by atoms with Gasteiger partial charge in [0.15, 0.2) is 0 Å². The predicted molar refractivity (Wildman–Crippen MR) is 112 cm³/mol. The summed E-state index contributed by atoms with van der Waals surface area (Å²) in [5.74, 6) is 0.415. The van der Waals surface area contributed by atoms with Crippen molar-refractivity contribution in [3.63, 3.8) is 0 Å². The molecule has 7 heteroatoms. The fraction of sp³-hybridized carbons (Fsp3) is 0.200. The van der Waals surface area contributed by atoms with Crippen LogP contribution in [0.1, 0.15) is 17.9 Å². The van der Waals surface area contributed by atoms with Crippen LogP contribution in [0, 0.1) is 11.3 Å². The molecule has 4 nitrogen and oxygen atoms in total. The third-order valence-electron chi connectivity index (χ3n) is 4.77. The van der Waals surface area contributed by atoms with Crippen molar-refractivity contribution < 1.29 is 4.79 Å². The van der Waals surface area contributed by atoms with E-state index in [0.29, 0.717) is 23.1 Å². The molecule has 0 N–H and O–H groups in total. The Morgan fingerprint density at radius 2 is 1.93 bits per heavy atom. The largest absolute Gasteiger partial charge is 0.344 e. The van der Waals surface area contributed by atoms with E-state index in [1.54, 1.807) is 11.0 Å². The molecule has 2 aliphatic heterocycles. The highest BCUT2D eigenvalue weighted by atomic mass is 79.9. The second-order valence-electron chi connectivity index (χ2n) is 6.36. The van der Waals surface area contributed by atoms with Gasteiger partial charge >= 0.3 is 0 Å². The van der Waals surface area contributed by atoms with Gasteiger partial charge in [0.2, 0.25) is 5.91 Å². The smallest absolute Gasteiger partial charge is 0.229 e. The van der Waals surface area contributed by atoms with Crippen LogP contribution in [0.2, 0.25) is 5.02 Å². The molecule has 2 aromatic carbocycles. The van der Waals surface area contributed by atoms with Crippen LogP contribution in [-0.4, -0.2) is 23.4 Å². The fourth-order valence-corrected chi connectivity index (χ4v) is 5.10. The van der Waals surface area contributed by atoms with Gasteiger partial charge in [-0.3, -0.25) is 9.69 Å². The van der Waals surface area contributed by atoms with Crippen molar-refractivity contribution in [2.45, 2.75) is 12.3 Å². The summed E-state index contributed by atoms with van der Waals surface area (Å²) < 4.78 is 1.01. The number of nitriles is 1. The molecule has 0 spiro atoms. The number of halogens is 2. The number of hydrogen-bond acceptors (Lipinski definition) is 4. The third kappa shape index (κ3) is 3.47. The van der Waals surface area contributed by atoms with Gasteiger partial charge < -0.3 is 4.90 Å². The molecule has 1 amide bonds. The van der Waals surface area contributed by atoms with Crippen molar-refractivity contribution in [2.24, 2.45) is 0 Å². The average molecular weight is 461 g/mol. The first-order valence-corrected chi connectivity index (χ1v) is 10.6. The lowest BCUT2D eigenvalue weighted by atomic mass is 9.86. The first-order chi connectivity index (χ1) is 13.1. The van der Waals surface area contributed by atoms with Crippen molar-refractivity contribution in [1.29, 1.82) is 5.26 Å². The minimum atomic E-state index is -0.283. The van der Waals surface area contributed by atoms with Crippen LogP contribution in [0.25, 0.3) is 0 Å². The van der Waals surface area contributed by atoms with Gasteiger partial charge in [0.25, 0.3) is 0 Å². The zero-order valence-electron chi connectivity index (χ0n) is 14.2. The van der Waals surface area contributed by atoms with Gasteiger partial charge in [0.1, 0.15) is 0 Å². The molecule has 2 heterocycles. The zero-order chi connectivity index (χ0) is 19.0. The Kier molecular flexibility index (Phi) is 5.18. The summed E-state index contributed by atoms with van der Waals surface area (Å²) in [7, 11) is 0. The highest BCUT2D eigenvalue weighted by molar-refractivity contribution is 9.10. The van der Waals surface area contributed by atoms with Crippen LogP contribution >= 0.6 is 39.3 Å². The number of benzene rings is 2. The number of rotatable bonds is 2. The summed E-state index contributed by atoms with van der Waals surface area (Å²) in [6.07, 6.45) is 0.255. The quantitative estimate of drug-likeness (QED) is 0.608. The number of nitrogens with zero attached hydrogens (tertiary/aromatic N) is 3. The van der Waals surface area contributed by atoms with Crippen LogP contribution in [0.15, 0.2) is 63.6 Å². The molecule has 1 atom stereocenters. The summed E-state index contributed by atoms with van der Waals surface area (Å²) in [6.45, 7) is 0.448. The van der Waals surface area contributed by atoms with Crippen LogP contribution < -0.4 is 4.90 Å². The Hall–Kier alpha value is -1.94. The second-order valence-corrected chi connectivity index (χ2v) is 8.62. The Labute approximate surface area is 175 Å². The van der Waals surface area contributed by atoms with Crippen molar-refractivity contribution in [3.05, 3.63) is 74.2 Å². The maximum atomic E-state index is 12.9. The van der Waals surface area contributed by atoms with E-state index in [-0.39, 0.29) is 18.2 Å². The maximum Gasteiger partial charge on any atom is 0.229 e. The van der Waals surface area contributed by atoms with Crippen LogP contribution in [0.5, 0.6) is 0 Å². The zero-order valence-corrected chi connectivity index (χ0v) is 17.4. The molecule has 0 saturated carbocycles. The van der Waals surface area contributed by atoms with E-state index in [9.17, 15) is 10.1 Å². The van der Waals surface area contributed by atoms with Gasteiger partial charge in [-0.2, -0.15) is 5.26 Å². The summed E-state index contributed by atoms with van der Waals surface area (Å²) in [4.78, 5) is 16.8. The van der Waals surface area contributed by atoms with Gasteiger partial charge in [-0.05, 0) is 35.9 Å². The molecule has 27 heavy (non-hydrogen) atoms. The Morgan fingerprint density at radius 1 is 1.19 bits per heavy atom. The van der Waals surface area contributed by atoms with Crippen molar-refractivity contribution in [2.75, 3.05) is 17.4 Å². The van der Waals surface area contributed by atoms with E-state index in [2.05, 4.69) is 26.9 Å². The Morgan fingerprint density at radius 3 is 2.63 bits per heavy atom. The van der Waals surface area contributed by atoms with E-state index in [0.717, 1.165) is 20.8 Å². The highest BCUT2D eigenvalue weighted by Crippen LogP contribution is 2.44. The lowest BCUT2D eigenvalue weighted by Crippen LogP contribution is -2.47. The van der Waals surface area contributed by atoms with Gasteiger partial charge in [0, 0.05) is 27.5 Å². The third-order valence-corrected chi connectivity index (χ3v) is 6.79. The van der Waals surface area contributed by atoms with Gasteiger partial charge in [0.05, 0.1) is 29.2 Å². The molecule has 0 aromatic heterocycles. The maximum absolute atomic E-state index is 12.9. The van der Waals surface area contributed by atoms with Crippen molar-refractivity contribution >= 4 is 50.9 Å². The molecular weight excluding hydrogens is 446 g/mol. The summed E-state index contributed by atoms with van der Waals surface area (Å²) in [6, 6.07) is 17.8.